The van der Waals surface area contributed by atoms with Crippen molar-refractivity contribution in [3.63, 3.8) is 0 Å². The predicted molar refractivity (Wildman–Crippen MR) is 70.3 cm³/mol. The Morgan fingerprint density at radius 2 is 2.31 bits per heavy atom. The number of halogens is 1. The molecule has 2 nitrogen and oxygen atoms in total. The number of aryl methyl sites for hydroxylation is 1. The molecular formula is C11H11ClN2S2. The molecule has 0 saturated heterocycles. The van der Waals surface area contributed by atoms with Crippen LogP contribution < -0.4 is 5.73 Å². The van der Waals surface area contributed by atoms with Gasteiger partial charge in [-0.25, -0.2) is 4.98 Å². The van der Waals surface area contributed by atoms with E-state index in [4.69, 9.17) is 17.3 Å². The molecule has 5 heteroatoms. The Morgan fingerprint density at radius 1 is 1.50 bits per heavy atom. The number of nitrogens with zero attached hydrogens (tertiary/aromatic N) is 1. The van der Waals surface area contributed by atoms with Gasteiger partial charge in [-0.05, 0) is 24.6 Å². The Labute approximate surface area is 108 Å². The second-order valence-corrected chi connectivity index (χ2v) is 5.90. The molecule has 0 aliphatic heterocycles. The molecular weight excluding hydrogens is 260 g/mol. The first kappa shape index (κ1) is 11.9. The Hall–Kier alpha value is -0.550. The van der Waals surface area contributed by atoms with Crippen LogP contribution in [-0.2, 0) is 6.54 Å². The zero-order chi connectivity index (χ0) is 11.5. The Bertz CT molecular complexity index is 496. The summed E-state index contributed by atoms with van der Waals surface area (Å²) in [7, 11) is 0. The summed E-state index contributed by atoms with van der Waals surface area (Å²) < 4.78 is 1.04. The largest absolute Gasteiger partial charge is 0.326 e. The minimum Gasteiger partial charge on any atom is -0.326 e. The Balaban J connectivity index is 2.19. The van der Waals surface area contributed by atoms with E-state index in [0.717, 1.165) is 25.5 Å². The number of benzene rings is 1. The molecule has 1 aromatic carbocycles. The second kappa shape index (κ2) is 5.19. The van der Waals surface area contributed by atoms with E-state index in [1.807, 2.05) is 30.5 Å². The lowest BCUT2D eigenvalue weighted by atomic mass is 10.2. The highest BCUT2D eigenvalue weighted by Crippen LogP contribution is 2.32. The minimum absolute atomic E-state index is 0.472. The monoisotopic (exact) mass is 270 g/mol. The number of hydrogen-bond acceptors (Lipinski definition) is 4. The van der Waals surface area contributed by atoms with Crippen molar-refractivity contribution in [2.45, 2.75) is 22.7 Å². The van der Waals surface area contributed by atoms with E-state index in [9.17, 15) is 0 Å². The Morgan fingerprint density at radius 3 is 2.88 bits per heavy atom. The van der Waals surface area contributed by atoms with Gasteiger partial charge < -0.3 is 5.73 Å². The lowest BCUT2D eigenvalue weighted by molar-refractivity contribution is 1.07. The van der Waals surface area contributed by atoms with Gasteiger partial charge in [-0.2, -0.15) is 0 Å². The normalized spacial score (nSPS) is 10.7. The predicted octanol–water partition coefficient (Wildman–Crippen LogP) is 3.71. The van der Waals surface area contributed by atoms with E-state index in [-0.39, 0.29) is 0 Å². The zero-order valence-electron chi connectivity index (χ0n) is 8.74. The van der Waals surface area contributed by atoms with Crippen LogP contribution in [0.4, 0.5) is 0 Å². The Kier molecular flexibility index (Phi) is 3.86. The summed E-state index contributed by atoms with van der Waals surface area (Å²) in [4.78, 5) is 5.49. The van der Waals surface area contributed by atoms with Crippen LogP contribution in [0.5, 0.6) is 0 Å². The number of hydrogen-bond donors (Lipinski definition) is 1. The highest BCUT2D eigenvalue weighted by molar-refractivity contribution is 8.01. The van der Waals surface area contributed by atoms with Crippen LogP contribution in [0.2, 0.25) is 5.02 Å². The lowest BCUT2D eigenvalue weighted by Gasteiger charge is -2.03. The minimum atomic E-state index is 0.472. The highest BCUT2D eigenvalue weighted by Gasteiger charge is 2.04. The molecule has 0 fully saturated rings. The third kappa shape index (κ3) is 2.77. The molecule has 2 N–H and O–H groups in total. The first-order chi connectivity index (χ1) is 7.69. The van der Waals surface area contributed by atoms with Gasteiger partial charge in [0.2, 0.25) is 0 Å². The molecule has 0 saturated carbocycles. The van der Waals surface area contributed by atoms with E-state index in [0.29, 0.717) is 6.54 Å². The van der Waals surface area contributed by atoms with Gasteiger partial charge in [-0.1, -0.05) is 29.4 Å². The van der Waals surface area contributed by atoms with Crippen LogP contribution in [0.25, 0.3) is 0 Å². The molecule has 1 aromatic heterocycles. The topological polar surface area (TPSA) is 38.9 Å². The summed E-state index contributed by atoms with van der Waals surface area (Å²) in [6.45, 7) is 2.46. The fraction of sp³-hybridized carbons (Fsp3) is 0.182. The van der Waals surface area contributed by atoms with Crippen molar-refractivity contribution < 1.29 is 0 Å². The standard InChI is InChI=1S/C11H11ClN2S2/c1-7-6-15-11(14-7)16-9-3-2-8(5-13)10(12)4-9/h2-4,6H,5,13H2,1H3. The van der Waals surface area contributed by atoms with Gasteiger partial charge in [-0.3, -0.25) is 0 Å². The van der Waals surface area contributed by atoms with Crippen molar-refractivity contribution in [2.24, 2.45) is 5.73 Å². The summed E-state index contributed by atoms with van der Waals surface area (Å²) in [6.07, 6.45) is 0. The van der Waals surface area contributed by atoms with Crippen LogP contribution in [0.15, 0.2) is 32.8 Å². The van der Waals surface area contributed by atoms with E-state index >= 15 is 0 Å². The van der Waals surface area contributed by atoms with Crippen LogP contribution in [-0.4, -0.2) is 4.98 Å². The average molecular weight is 271 g/mol. The maximum Gasteiger partial charge on any atom is 0.154 e. The van der Waals surface area contributed by atoms with Crippen molar-refractivity contribution in [3.05, 3.63) is 39.9 Å². The maximum absolute atomic E-state index is 6.09. The van der Waals surface area contributed by atoms with Crippen LogP contribution in [0, 0.1) is 6.92 Å². The molecule has 0 aliphatic carbocycles. The fourth-order valence-electron chi connectivity index (χ4n) is 1.24. The van der Waals surface area contributed by atoms with Crippen LogP contribution in [0.3, 0.4) is 0 Å². The molecule has 0 atom stereocenters. The average Bonchev–Trinajstić information content (AvgIpc) is 2.64. The fourth-order valence-corrected chi connectivity index (χ4v) is 3.41. The summed E-state index contributed by atoms with van der Waals surface area (Å²) in [6, 6.07) is 5.92. The number of thiazole rings is 1. The van der Waals surface area contributed by atoms with Crippen LogP contribution in [0.1, 0.15) is 11.3 Å². The van der Waals surface area contributed by atoms with Gasteiger partial charge in [0.25, 0.3) is 0 Å². The van der Waals surface area contributed by atoms with E-state index < -0.39 is 0 Å². The quantitative estimate of drug-likeness (QED) is 0.924. The van der Waals surface area contributed by atoms with Gasteiger partial charge in [0.05, 0.1) is 0 Å². The molecule has 0 aliphatic rings. The smallest absolute Gasteiger partial charge is 0.154 e. The second-order valence-electron chi connectivity index (χ2n) is 3.31. The first-order valence-corrected chi connectivity index (χ1v) is 6.85. The molecule has 16 heavy (non-hydrogen) atoms. The summed E-state index contributed by atoms with van der Waals surface area (Å²) >= 11 is 9.36. The zero-order valence-corrected chi connectivity index (χ0v) is 11.1. The van der Waals surface area contributed by atoms with Gasteiger partial charge in [0.15, 0.2) is 4.34 Å². The lowest BCUT2D eigenvalue weighted by Crippen LogP contribution is -1.96. The van der Waals surface area contributed by atoms with Crippen LogP contribution >= 0.6 is 34.7 Å². The van der Waals surface area contributed by atoms with Crippen molar-refractivity contribution in [1.29, 1.82) is 0 Å². The summed E-state index contributed by atoms with van der Waals surface area (Å²) in [5, 5.41) is 2.76. The molecule has 0 unspecified atom stereocenters. The van der Waals surface area contributed by atoms with Crippen molar-refractivity contribution in [3.8, 4) is 0 Å². The van der Waals surface area contributed by atoms with E-state index in [1.54, 1.807) is 23.1 Å². The molecule has 0 bridgehead atoms. The number of rotatable bonds is 3. The molecule has 0 amide bonds. The molecule has 0 spiro atoms. The summed E-state index contributed by atoms with van der Waals surface area (Å²) in [5.41, 5.74) is 7.58. The molecule has 1 heterocycles. The van der Waals surface area contributed by atoms with Crippen molar-refractivity contribution >= 4 is 34.7 Å². The maximum atomic E-state index is 6.09. The third-order valence-corrected chi connectivity index (χ3v) is 4.45. The van der Waals surface area contributed by atoms with Crippen molar-refractivity contribution in [1.82, 2.24) is 4.98 Å². The van der Waals surface area contributed by atoms with E-state index in [1.165, 1.54) is 0 Å². The van der Waals surface area contributed by atoms with Gasteiger partial charge >= 0.3 is 0 Å². The van der Waals surface area contributed by atoms with Gasteiger partial charge in [-0.15, -0.1) is 11.3 Å². The van der Waals surface area contributed by atoms with Gasteiger partial charge in [0, 0.05) is 27.5 Å². The first-order valence-electron chi connectivity index (χ1n) is 4.77. The number of nitrogens with two attached hydrogens (primary N) is 1. The molecule has 0 radical (unpaired) electrons. The highest BCUT2D eigenvalue weighted by atomic mass is 35.5. The van der Waals surface area contributed by atoms with E-state index in [2.05, 4.69) is 4.98 Å². The number of aromatic nitrogens is 1. The molecule has 2 aromatic rings. The third-order valence-electron chi connectivity index (χ3n) is 2.05. The molecule has 2 rings (SSSR count). The van der Waals surface area contributed by atoms with Crippen molar-refractivity contribution in [2.75, 3.05) is 0 Å². The van der Waals surface area contributed by atoms with Gasteiger partial charge in [0.1, 0.15) is 0 Å². The summed E-state index contributed by atoms with van der Waals surface area (Å²) in [5.74, 6) is 0. The molecule has 84 valence electrons. The SMILES string of the molecule is Cc1csc(Sc2ccc(CN)c(Cl)c2)n1.